The minimum Gasteiger partial charge on any atom is -0.309 e. The molecule has 0 radical (unpaired) electrons. The highest BCUT2D eigenvalue weighted by Gasteiger charge is 2.52. The number of nitrogens with zero attached hydrogens (tertiary/aromatic N) is 3. The predicted octanol–water partition coefficient (Wildman–Crippen LogP) is 5.44. The summed E-state index contributed by atoms with van der Waals surface area (Å²) in [5.74, 6) is 1.90. The molecule has 1 aromatic heterocycles. The normalized spacial score (nSPS) is 16.7. The molecule has 0 saturated heterocycles. The van der Waals surface area contributed by atoms with Gasteiger partial charge in [0.15, 0.2) is 0 Å². The molecule has 0 atom stereocenters. The Morgan fingerprint density at radius 2 is 1.77 bits per heavy atom. The Hall–Kier alpha value is -2.33. The molecule has 2 heterocycles. The quantitative estimate of drug-likeness (QED) is 0.580. The molecule has 1 aliphatic heterocycles. The van der Waals surface area contributed by atoms with Crippen molar-refractivity contribution in [3.63, 3.8) is 0 Å². The molecule has 26 heavy (non-hydrogen) atoms. The summed E-state index contributed by atoms with van der Waals surface area (Å²) in [4.78, 5) is 13.1. The maximum Gasteiger partial charge on any atom is 0.229 e. The van der Waals surface area contributed by atoms with Gasteiger partial charge < -0.3 is 4.90 Å². The Morgan fingerprint density at radius 3 is 2.46 bits per heavy atom. The molecule has 0 amide bonds. The van der Waals surface area contributed by atoms with Gasteiger partial charge in [-0.1, -0.05) is 43.3 Å². The summed E-state index contributed by atoms with van der Waals surface area (Å²) in [5.41, 5.74) is 5.33. The zero-order valence-electron chi connectivity index (χ0n) is 14.9. The number of hydrogen-bond acceptors (Lipinski definition) is 4. The number of fused-ring (bicyclic) bond motifs is 2. The molecule has 2 aromatic carbocycles. The molecule has 130 valence electrons. The second-order valence-corrected chi connectivity index (χ2v) is 8.45. The van der Waals surface area contributed by atoms with Crippen molar-refractivity contribution in [3.8, 4) is 11.1 Å². The SMILES string of the molecule is CCSc1ccc2c(c1)N(c1ncc(-c3ccccc3)cn1)CC21CC1. The van der Waals surface area contributed by atoms with E-state index in [9.17, 15) is 0 Å². The molecule has 3 nitrogen and oxygen atoms in total. The minimum atomic E-state index is 0.339. The fourth-order valence-electron chi connectivity index (χ4n) is 3.91. The molecule has 1 aliphatic carbocycles. The monoisotopic (exact) mass is 359 g/mol. The lowest BCUT2D eigenvalue weighted by atomic mass is 9.99. The van der Waals surface area contributed by atoms with Crippen LogP contribution in [0.3, 0.4) is 0 Å². The van der Waals surface area contributed by atoms with Crippen molar-refractivity contribution in [1.29, 1.82) is 0 Å². The summed E-state index contributed by atoms with van der Waals surface area (Å²) in [6, 6.07) is 17.2. The van der Waals surface area contributed by atoms with Crippen molar-refractivity contribution < 1.29 is 0 Å². The lowest BCUT2D eigenvalue weighted by molar-refractivity contribution is 0.735. The molecular formula is C22H21N3S. The third-order valence-electron chi connectivity index (χ3n) is 5.44. The van der Waals surface area contributed by atoms with Gasteiger partial charge in [0.05, 0.1) is 0 Å². The number of benzene rings is 2. The molecule has 1 saturated carbocycles. The standard InChI is InChI=1S/C22H21N3S/c1-2-26-18-8-9-19-20(12-18)25(15-22(19)10-11-22)21-23-13-17(14-24-21)16-6-4-3-5-7-16/h3-9,12-14H,2,10-11,15H2,1H3. The van der Waals surface area contributed by atoms with Gasteiger partial charge in [0.25, 0.3) is 0 Å². The van der Waals surface area contributed by atoms with Crippen LogP contribution in [0.1, 0.15) is 25.3 Å². The van der Waals surface area contributed by atoms with Crippen molar-refractivity contribution >= 4 is 23.4 Å². The first-order valence-electron chi connectivity index (χ1n) is 9.21. The highest BCUT2D eigenvalue weighted by Crippen LogP contribution is 2.58. The Bertz CT molecular complexity index is 933. The van der Waals surface area contributed by atoms with E-state index < -0.39 is 0 Å². The Labute approximate surface area is 158 Å². The van der Waals surface area contributed by atoms with E-state index in [0.29, 0.717) is 5.41 Å². The van der Waals surface area contributed by atoms with Crippen molar-refractivity contribution in [1.82, 2.24) is 9.97 Å². The fourth-order valence-corrected chi connectivity index (χ4v) is 4.60. The summed E-state index contributed by atoms with van der Waals surface area (Å²) in [7, 11) is 0. The average Bonchev–Trinajstić information content (AvgIpc) is 3.40. The molecule has 0 unspecified atom stereocenters. The summed E-state index contributed by atoms with van der Waals surface area (Å²) in [6.45, 7) is 3.21. The highest BCUT2D eigenvalue weighted by molar-refractivity contribution is 7.99. The van der Waals surface area contributed by atoms with E-state index in [1.54, 1.807) is 0 Å². The summed E-state index contributed by atoms with van der Waals surface area (Å²) < 4.78 is 0. The molecule has 3 aromatic rings. The van der Waals surface area contributed by atoms with Crippen LogP contribution in [0, 0.1) is 0 Å². The van der Waals surface area contributed by atoms with Crippen molar-refractivity contribution in [2.45, 2.75) is 30.1 Å². The molecule has 2 aliphatic rings. The van der Waals surface area contributed by atoms with E-state index in [2.05, 4.69) is 42.2 Å². The summed E-state index contributed by atoms with van der Waals surface area (Å²) >= 11 is 1.89. The number of thioether (sulfide) groups is 1. The first-order valence-corrected chi connectivity index (χ1v) is 10.2. The van der Waals surface area contributed by atoms with Crippen molar-refractivity contribution in [2.24, 2.45) is 0 Å². The van der Waals surface area contributed by atoms with Gasteiger partial charge in [-0.05, 0) is 41.9 Å². The number of anilines is 2. The van der Waals surface area contributed by atoms with Crippen LogP contribution in [-0.4, -0.2) is 22.3 Å². The molecule has 1 fully saturated rings. The van der Waals surface area contributed by atoms with E-state index in [-0.39, 0.29) is 0 Å². The lowest BCUT2D eigenvalue weighted by Crippen LogP contribution is -2.21. The number of hydrogen-bond donors (Lipinski definition) is 0. The van der Waals surface area contributed by atoms with Crippen LogP contribution in [0.5, 0.6) is 0 Å². The van der Waals surface area contributed by atoms with Gasteiger partial charge in [-0.2, -0.15) is 0 Å². The van der Waals surface area contributed by atoms with Gasteiger partial charge >= 0.3 is 0 Å². The fraction of sp³-hybridized carbons (Fsp3) is 0.273. The molecular weight excluding hydrogens is 338 g/mol. The zero-order chi connectivity index (χ0) is 17.6. The van der Waals surface area contributed by atoms with E-state index in [1.807, 2.05) is 42.4 Å². The van der Waals surface area contributed by atoms with Crippen LogP contribution >= 0.6 is 11.8 Å². The summed E-state index contributed by atoms with van der Waals surface area (Å²) in [6.07, 6.45) is 6.44. The maximum atomic E-state index is 4.71. The van der Waals surface area contributed by atoms with Crippen LogP contribution in [0.2, 0.25) is 0 Å². The Morgan fingerprint density at radius 1 is 1.00 bits per heavy atom. The van der Waals surface area contributed by atoms with Gasteiger partial charge in [-0.3, -0.25) is 0 Å². The van der Waals surface area contributed by atoms with Crippen LogP contribution in [-0.2, 0) is 5.41 Å². The second kappa shape index (κ2) is 6.13. The highest BCUT2D eigenvalue weighted by atomic mass is 32.2. The van der Waals surface area contributed by atoms with Crippen LogP contribution < -0.4 is 4.90 Å². The predicted molar refractivity (Wildman–Crippen MR) is 108 cm³/mol. The number of rotatable bonds is 4. The largest absolute Gasteiger partial charge is 0.309 e. The first kappa shape index (κ1) is 15.9. The summed E-state index contributed by atoms with van der Waals surface area (Å²) in [5, 5.41) is 0. The van der Waals surface area contributed by atoms with E-state index in [4.69, 9.17) is 9.97 Å². The minimum absolute atomic E-state index is 0.339. The van der Waals surface area contributed by atoms with Gasteiger partial charge in [0.2, 0.25) is 5.95 Å². The van der Waals surface area contributed by atoms with Crippen LogP contribution in [0.15, 0.2) is 65.8 Å². The zero-order valence-corrected chi connectivity index (χ0v) is 15.7. The van der Waals surface area contributed by atoms with Crippen LogP contribution in [0.4, 0.5) is 11.6 Å². The smallest absolute Gasteiger partial charge is 0.229 e. The molecule has 0 N–H and O–H groups in total. The average molecular weight is 359 g/mol. The lowest BCUT2D eigenvalue weighted by Gasteiger charge is -2.18. The molecule has 0 bridgehead atoms. The second-order valence-electron chi connectivity index (χ2n) is 7.12. The van der Waals surface area contributed by atoms with Gasteiger partial charge in [0, 0.05) is 40.5 Å². The number of aromatic nitrogens is 2. The van der Waals surface area contributed by atoms with Crippen molar-refractivity contribution in [2.75, 3.05) is 17.2 Å². The van der Waals surface area contributed by atoms with E-state index in [0.717, 1.165) is 29.4 Å². The topological polar surface area (TPSA) is 29.0 Å². The third-order valence-corrected chi connectivity index (χ3v) is 6.32. The van der Waals surface area contributed by atoms with Gasteiger partial charge in [-0.25, -0.2) is 9.97 Å². The van der Waals surface area contributed by atoms with Gasteiger partial charge in [0.1, 0.15) is 0 Å². The van der Waals surface area contributed by atoms with Crippen molar-refractivity contribution in [3.05, 3.63) is 66.5 Å². The maximum absolute atomic E-state index is 4.71. The van der Waals surface area contributed by atoms with Crippen LogP contribution in [0.25, 0.3) is 11.1 Å². The van der Waals surface area contributed by atoms with E-state index in [1.165, 1.54) is 29.0 Å². The molecule has 4 heteroatoms. The molecule has 1 spiro atoms. The Kier molecular flexibility index (Phi) is 3.75. The third kappa shape index (κ3) is 2.60. The van der Waals surface area contributed by atoms with Gasteiger partial charge in [-0.15, -0.1) is 11.8 Å². The molecule has 5 rings (SSSR count). The Balaban J connectivity index is 1.50. The first-order chi connectivity index (χ1) is 12.8. The van der Waals surface area contributed by atoms with E-state index >= 15 is 0 Å².